The third-order valence-electron chi connectivity index (χ3n) is 9.04. The maximum absolute atomic E-state index is 8.56. The van der Waals surface area contributed by atoms with Crippen molar-refractivity contribution >= 4 is 53.4 Å². The van der Waals surface area contributed by atoms with Gasteiger partial charge in [0, 0.05) is 53.2 Å². The summed E-state index contributed by atoms with van der Waals surface area (Å²) in [7, 11) is 0. The smallest absolute Gasteiger partial charge is 0.165 e. The fourth-order valence-corrected chi connectivity index (χ4v) is 7.97. The van der Waals surface area contributed by atoms with Gasteiger partial charge in [-0.15, -0.1) is 11.3 Å². The average Bonchev–Trinajstić information content (AvgIpc) is 3.81. The van der Waals surface area contributed by atoms with Gasteiger partial charge in [-0.3, -0.25) is 0 Å². The summed E-state index contributed by atoms with van der Waals surface area (Å²) in [5.41, 5.74) is 6.16. The van der Waals surface area contributed by atoms with E-state index in [4.69, 9.17) is 26.2 Å². The first kappa shape index (κ1) is 23.8. The second-order valence-corrected chi connectivity index (χ2v) is 13.0. The Kier molecular flexibility index (Phi) is 5.54. The summed E-state index contributed by atoms with van der Waals surface area (Å²) in [6.45, 7) is 0. The average molecular weight is 663 g/mol. The molecule has 5 heteroatoms. The van der Waals surface area contributed by atoms with Gasteiger partial charge in [-0.05, 0) is 41.0 Å². The zero-order valence-electron chi connectivity index (χ0n) is 31.4. The predicted molar refractivity (Wildman–Crippen MR) is 207 cm³/mol. The molecule has 10 aromatic rings. The van der Waals surface area contributed by atoms with Gasteiger partial charge in [0.1, 0.15) is 11.2 Å². The van der Waals surface area contributed by atoms with Gasteiger partial charge in [0.15, 0.2) is 17.5 Å². The number of fused-ring (bicyclic) bond motifs is 6. The van der Waals surface area contributed by atoms with Crippen LogP contribution in [0.4, 0.5) is 0 Å². The second kappa shape index (κ2) is 11.6. The van der Waals surface area contributed by atoms with E-state index < -0.39 is 6.04 Å². The molecule has 0 saturated heterocycles. The number of thiophene rings is 1. The van der Waals surface area contributed by atoms with Gasteiger partial charge in [0.25, 0.3) is 0 Å². The van der Waals surface area contributed by atoms with Gasteiger partial charge in [0.05, 0.1) is 6.85 Å². The van der Waals surface area contributed by atoms with Crippen LogP contribution in [0.1, 0.15) is 6.85 Å². The van der Waals surface area contributed by atoms with Crippen LogP contribution in [0.2, 0.25) is 0 Å². The Morgan fingerprint density at radius 1 is 0.480 bits per heavy atom. The third-order valence-corrected chi connectivity index (χ3v) is 10.3. The molecule has 234 valence electrons. The van der Waals surface area contributed by atoms with Crippen LogP contribution in [-0.4, -0.2) is 15.0 Å². The largest absolute Gasteiger partial charge is 0.455 e. The summed E-state index contributed by atoms with van der Waals surface area (Å²) in [5, 5.41) is 4.09. The first-order valence-electron chi connectivity index (χ1n) is 18.7. The SMILES string of the molecule is [2H]c1c([2H])c([2H])c(-c2cccc(-c3cccc4c3oc3cccc(-c5nc(-c6ccccc6)nc(-c6cccc7c6sc6ccccc67)n5)c34)c2)c([2H])c1[2H]. The highest BCUT2D eigenvalue weighted by Crippen LogP contribution is 2.42. The number of nitrogens with zero attached hydrogens (tertiary/aromatic N) is 3. The van der Waals surface area contributed by atoms with Crippen LogP contribution in [-0.2, 0) is 0 Å². The molecule has 0 amide bonds. The lowest BCUT2D eigenvalue weighted by Gasteiger charge is -2.10. The molecule has 0 aliphatic heterocycles. The zero-order valence-corrected chi connectivity index (χ0v) is 27.2. The van der Waals surface area contributed by atoms with E-state index in [1.807, 2.05) is 84.9 Å². The van der Waals surface area contributed by atoms with Gasteiger partial charge in [-0.25, -0.2) is 15.0 Å². The number of hydrogen-bond acceptors (Lipinski definition) is 5. The summed E-state index contributed by atoms with van der Waals surface area (Å²) < 4.78 is 50.5. The third kappa shape index (κ3) is 4.71. The Morgan fingerprint density at radius 3 is 2.00 bits per heavy atom. The predicted octanol–water partition coefficient (Wildman–Crippen LogP) is 12.5. The highest BCUT2D eigenvalue weighted by atomic mass is 32.1. The molecule has 0 aliphatic carbocycles. The summed E-state index contributed by atoms with van der Waals surface area (Å²) in [4.78, 5) is 15.3. The summed E-state index contributed by atoms with van der Waals surface area (Å²) in [5.74, 6) is 1.66. The highest BCUT2D eigenvalue weighted by molar-refractivity contribution is 7.26. The maximum atomic E-state index is 8.56. The lowest BCUT2D eigenvalue weighted by molar-refractivity contribution is 0.670. The Hall–Kier alpha value is -6.43. The van der Waals surface area contributed by atoms with Crippen molar-refractivity contribution in [3.63, 3.8) is 0 Å². The molecule has 0 bridgehead atoms. The van der Waals surface area contributed by atoms with Crippen molar-refractivity contribution in [3.8, 4) is 56.4 Å². The molecule has 0 fully saturated rings. The molecule has 0 N–H and O–H groups in total. The van der Waals surface area contributed by atoms with Crippen LogP contribution in [0.3, 0.4) is 0 Å². The Labute approximate surface area is 299 Å². The van der Waals surface area contributed by atoms with E-state index in [1.165, 1.54) is 10.1 Å². The number of aromatic nitrogens is 3. The minimum atomic E-state index is -0.420. The number of furan rings is 1. The standard InChI is InChI=1S/C45H27N3OS/c1-3-13-28(14-4-1)30-17-9-18-31(27-30)32-20-10-22-35-40-36(23-12-25-38(40)49-41(32)35)44-46-43(29-15-5-2-6-16-29)47-45(48-44)37-24-11-21-34-33-19-7-8-26-39(33)50-42(34)37/h1-27H/i1D,3D,4D,13D,14D. The minimum absolute atomic E-state index is 0.151. The van der Waals surface area contributed by atoms with Crippen LogP contribution in [0.5, 0.6) is 0 Å². The molecule has 0 aliphatic rings. The van der Waals surface area contributed by atoms with Crippen LogP contribution in [0.15, 0.2) is 168 Å². The van der Waals surface area contributed by atoms with E-state index in [0.717, 1.165) is 48.7 Å². The summed E-state index contributed by atoms with van der Waals surface area (Å²) in [6, 6.07) is 42.2. The molecule has 4 nitrogen and oxygen atoms in total. The number of hydrogen-bond donors (Lipinski definition) is 0. The Bertz CT molecular complexity index is 3150. The molecule has 0 unspecified atom stereocenters. The second-order valence-electron chi connectivity index (χ2n) is 12.0. The monoisotopic (exact) mass is 662 g/mol. The van der Waals surface area contributed by atoms with E-state index in [-0.39, 0.29) is 29.7 Å². The van der Waals surface area contributed by atoms with Gasteiger partial charge in [0.2, 0.25) is 0 Å². The molecule has 50 heavy (non-hydrogen) atoms. The van der Waals surface area contributed by atoms with Gasteiger partial charge < -0.3 is 4.42 Å². The first-order chi connectivity index (χ1) is 26.9. The van der Waals surface area contributed by atoms with Gasteiger partial charge in [-0.1, -0.05) is 139 Å². The number of benzene rings is 7. The Morgan fingerprint density at radius 2 is 1.12 bits per heavy atom. The van der Waals surface area contributed by atoms with Crippen molar-refractivity contribution in [2.45, 2.75) is 0 Å². The quantitative estimate of drug-likeness (QED) is 0.184. The first-order valence-corrected chi connectivity index (χ1v) is 17.0. The molecule has 0 radical (unpaired) electrons. The van der Waals surface area contributed by atoms with Crippen LogP contribution in [0, 0.1) is 0 Å². The lowest BCUT2D eigenvalue weighted by atomic mass is 9.97. The molecule has 3 heterocycles. The lowest BCUT2D eigenvalue weighted by Crippen LogP contribution is -2.00. The van der Waals surface area contributed by atoms with E-state index >= 15 is 0 Å². The molecular formula is C45H27N3OS. The van der Waals surface area contributed by atoms with Crippen LogP contribution in [0.25, 0.3) is 98.5 Å². The molecule has 7 aromatic carbocycles. The van der Waals surface area contributed by atoms with E-state index in [2.05, 4.69) is 42.5 Å². The molecule has 0 saturated carbocycles. The molecule has 0 spiro atoms. The summed E-state index contributed by atoms with van der Waals surface area (Å²) >= 11 is 1.73. The topological polar surface area (TPSA) is 51.8 Å². The van der Waals surface area contributed by atoms with Crippen molar-refractivity contribution in [2.75, 3.05) is 0 Å². The van der Waals surface area contributed by atoms with Crippen LogP contribution >= 0.6 is 11.3 Å². The van der Waals surface area contributed by atoms with E-state index in [9.17, 15) is 0 Å². The van der Waals surface area contributed by atoms with Gasteiger partial charge >= 0.3 is 0 Å². The molecule has 0 atom stereocenters. The van der Waals surface area contributed by atoms with E-state index in [0.29, 0.717) is 34.2 Å². The van der Waals surface area contributed by atoms with Crippen molar-refractivity contribution in [3.05, 3.63) is 164 Å². The highest BCUT2D eigenvalue weighted by Gasteiger charge is 2.21. The van der Waals surface area contributed by atoms with E-state index in [1.54, 1.807) is 17.4 Å². The fraction of sp³-hybridized carbons (Fsp3) is 0. The maximum Gasteiger partial charge on any atom is 0.165 e. The number of para-hydroxylation sites is 1. The molecule has 3 aromatic heterocycles. The number of rotatable bonds is 5. The fourth-order valence-electron chi connectivity index (χ4n) is 6.75. The Balaban J connectivity index is 1.17. The van der Waals surface area contributed by atoms with Crippen molar-refractivity contribution in [1.29, 1.82) is 0 Å². The minimum Gasteiger partial charge on any atom is -0.455 e. The van der Waals surface area contributed by atoms with Crippen molar-refractivity contribution in [2.24, 2.45) is 0 Å². The van der Waals surface area contributed by atoms with Crippen molar-refractivity contribution in [1.82, 2.24) is 15.0 Å². The zero-order chi connectivity index (χ0) is 37.4. The van der Waals surface area contributed by atoms with Crippen molar-refractivity contribution < 1.29 is 11.3 Å². The van der Waals surface area contributed by atoms with Crippen LogP contribution < -0.4 is 0 Å². The van der Waals surface area contributed by atoms with Gasteiger partial charge in [-0.2, -0.15) is 0 Å². The molecular weight excluding hydrogens is 631 g/mol. The normalized spacial score (nSPS) is 13.0. The summed E-state index contributed by atoms with van der Waals surface area (Å²) in [6.07, 6.45) is 0. The molecule has 10 rings (SSSR count).